The predicted octanol–water partition coefficient (Wildman–Crippen LogP) is 1.64. The highest BCUT2D eigenvalue weighted by Crippen LogP contribution is 2.26. The summed E-state index contributed by atoms with van der Waals surface area (Å²) in [5.41, 5.74) is 2.86. The van der Waals surface area contributed by atoms with Crippen LogP contribution in [-0.4, -0.2) is 51.7 Å². The van der Waals surface area contributed by atoms with Crippen molar-refractivity contribution in [1.82, 2.24) is 4.90 Å². The molecule has 6 heteroatoms. The minimum Gasteiger partial charge on any atom is -0.498 e. The van der Waals surface area contributed by atoms with Crippen LogP contribution in [0.1, 0.15) is 5.56 Å². The number of hydrogen-bond acceptors (Lipinski definition) is 5. The Kier molecular flexibility index (Phi) is 5.80. The number of carbonyl (C=O) groups is 1. The number of benzene rings is 1. The van der Waals surface area contributed by atoms with E-state index in [4.69, 9.17) is 9.47 Å². The molecule has 0 radical (unpaired) electrons. The van der Waals surface area contributed by atoms with Crippen molar-refractivity contribution in [2.75, 3.05) is 51.1 Å². The Morgan fingerprint density at radius 3 is 2.91 bits per heavy atom. The minimum atomic E-state index is -0.0348. The van der Waals surface area contributed by atoms with Crippen LogP contribution in [0.15, 0.2) is 30.7 Å². The molecule has 0 saturated carbocycles. The molecule has 1 aliphatic rings. The zero-order valence-electron chi connectivity index (χ0n) is 13.3. The second kappa shape index (κ2) is 7.82. The molecule has 0 fully saturated rings. The van der Waals surface area contributed by atoms with Gasteiger partial charge in [0.1, 0.15) is 6.61 Å². The number of anilines is 2. The first-order valence-corrected chi connectivity index (χ1v) is 7.21. The van der Waals surface area contributed by atoms with Crippen LogP contribution < -0.4 is 10.2 Å². The molecule has 0 aromatic heterocycles. The van der Waals surface area contributed by atoms with Crippen molar-refractivity contribution in [1.29, 1.82) is 0 Å². The number of carbonyl (C=O) groups excluding carboxylic acids is 1. The van der Waals surface area contributed by atoms with Crippen LogP contribution in [0, 0.1) is 0 Å². The number of rotatable bonds is 6. The summed E-state index contributed by atoms with van der Waals surface area (Å²) in [5, 5.41) is 2.90. The minimum absolute atomic E-state index is 0.0348. The third-order valence-corrected chi connectivity index (χ3v) is 3.22. The number of hydrogen-bond donors (Lipinski definition) is 1. The molecule has 1 aliphatic heterocycles. The quantitative estimate of drug-likeness (QED) is 0.866. The lowest BCUT2D eigenvalue weighted by Crippen LogP contribution is -2.27. The number of amides is 1. The fourth-order valence-corrected chi connectivity index (χ4v) is 2.31. The smallest absolute Gasteiger partial charge is 0.238 e. The molecular formula is C16H23N3O3. The van der Waals surface area contributed by atoms with Crippen LogP contribution in [0.5, 0.6) is 0 Å². The molecular weight excluding hydrogens is 282 g/mol. The molecule has 0 unspecified atom stereocenters. The zero-order chi connectivity index (χ0) is 15.9. The van der Waals surface area contributed by atoms with Gasteiger partial charge >= 0.3 is 0 Å². The van der Waals surface area contributed by atoms with E-state index in [2.05, 4.69) is 10.2 Å². The van der Waals surface area contributed by atoms with Gasteiger partial charge in [0.25, 0.3) is 0 Å². The number of likely N-dealkylation sites (N-methyl/N-ethyl adjacent to an activating group) is 1. The molecule has 22 heavy (non-hydrogen) atoms. The Labute approximate surface area is 131 Å². The maximum atomic E-state index is 11.9. The standard InChI is InChI=1S/C16H23N3O3/c1-18(2)11-16(20)17-14-4-5-15(13(10-14)12-21-3)19-6-8-22-9-7-19/h4-6,8,10H,7,9,11-12H2,1-3H3,(H,17,20). The molecule has 0 aliphatic carbocycles. The van der Waals surface area contributed by atoms with Gasteiger partial charge in [-0.15, -0.1) is 0 Å². The highest BCUT2D eigenvalue weighted by molar-refractivity contribution is 5.92. The Hall–Kier alpha value is -2.05. The van der Waals surface area contributed by atoms with E-state index in [1.54, 1.807) is 13.4 Å². The summed E-state index contributed by atoms with van der Waals surface area (Å²) in [6.45, 7) is 2.29. The number of methoxy groups -OCH3 is 1. The summed E-state index contributed by atoms with van der Waals surface area (Å²) >= 11 is 0. The average Bonchev–Trinajstić information content (AvgIpc) is 2.48. The Balaban J connectivity index is 2.17. The topological polar surface area (TPSA) is 54.0 Å². The van der Waals surface area contributed by atoms with Crippen LogP contribution in [-0.2, 0) is 20.9 Å². The van der Waals surface area contributed by atoms with E-state index < -0.39 is 0 Å². The summed E-state index contributed by atoms with van der Waals surface area (Å²) in [6, 6.07) is 5.86. The van der Waals surface area contributed by atoms with E-state index in [0.29, 0.717) is 19.8 Å². The molecule has 0 bridgehead atoms. The molecule has 6 nitrogen and oxygen atoms in total. The van der Waals surface area contributed by atoms with Crippen molar-refractivity contribution in [3.05, 3.63) is 36.2 Å². The maximum absolute atomic E-state index is 11.9. The van der Waals surface area contributed by atoms with E-state index in [-0.39, 0.29) is 5.91 Å². The highest BCUT2D eigenvalue weighted by Gasteiger charge is 2.13. The lowest BCUT2D eigenvalue weighted by atomic mass is 10.1. The highest BCUT2D eigenvalue weighted by atomic mass is 16.5. The summed E-state index contributed by atoms with van der Waals surface area (Å²) in [4.78, 5) is 15.8. The van der Waals surface area contributed by atoms with Crippen molar-refractivity contribution in [2.45, 2.75) is 6.61 Å². The van der Waals surface area contributed by atoms with Crippen LogP contribution in [0.2, 0.25) is 0 Å². The van der Waals surface area contributed by atoms with Gasteiger partial charge in [0.2, 0.25) is 5.91 Å². The summed E-state index contributed by atoms with van der Waals surface area (Å²) in [7, 11) is 5.39. The van der Waals surface area contributed by atoms with Gasteiger partial charge in [-0.3, -0.25) is 4.79 Å². The van der Waals surface area contributed by atoms with Gasteiger partial charge < -0.3 is 24.6 Å². The van der Waals surface area contributed by atoms with Crippen LogP contribution in [0.25, 0.3) is 0 Å². The van der Waals surface area contributed by atoms with Crippen molar-refractivity contribution in [2.24, 2.45) is 0 Å². The summed E-state index contributed by atoms with van der Waals surface area (Å²) in [5.74, 6) is -0.0348. The molecule has 0 saturated heterocycles. The van der Waals surface area contributed by atoms with Crippen LogP contribution in [0.4, 0.5) is 11.4 Å². The van der Waals surface area contributed by atoms with Gasteiger partial charge in [-0.05, 0) is 32.3 Å². The Morgan fingerprint density at radius 2 is 2.27 bits per heavy atom. The van der Waals surface area contributed by atoms with E-state index in [1.165, 1.54) is 0 Å². The zero-order valence-corrected chi connectivity index (χ0v) is 13.3. The van der Waals surface area contributed by atoms with E-state index in [0.717, 1.165) is 23.5 Å². The van der Waals surface area contributed by atoms with E-state index in [1.807, 2.05) is 43.4 Å². The van der Waals surface area contributed by atoms with Gasteiger partial charge in [0, 0.05) is 30.2 Å². The molecule has 1 amide bonds. The first kappa shape index (κ1) is 16.3. The predicted molar refractivity (Wildman–Crippen MR) is 86.8 cm³/mol. The second-order valence-corrected chi connectivity index (χ2v) is 5.41. The molecule has 1 aromatic rings. The number of nitrogens with zero attached hydrogens (tertiary/aromatic N) is 2. The average molecular weight is 305 g/mol. The van der Waals surface area contributed by atoms with Gasteiger partial charge in [-0.1, -0.05) is 0 Å². The molecule has 1 aromatic carbocycles. The Morgan fingerprint density at radius 1 is 1.45 bits per heavy atom. The summed E-state index contributed by atoms with van der Waals surface area (Å²) in [6.07, 6.45) is 3.59. The number of nitrogens with one attached hydrogen (secondary N) is 1. The fraction of sp³-hybridized carbons (Fsp3) is 0.438. The van der Waals surface area contributed by atoms with Crippen LogP contribution in [0.3, 0.4) is 0 Å². The molecule has 120 valence electrons. The van der Waals surface area contributed by atoms with Crippen molar-refractivity contribution in [3.63, 3.8) is 0 Å². The Bertz CT molecular complexity index is 543. The number of ether oxygens (including phenoxy) is 2. The first-order valence-electron chi connectivity index (χ1n) is 7.21. The second-order valence-electron chi connectivity index (χ2n) is 5.41. The van der Waals surface area contributed by atoms with E-state index in [9.17, 15) is 4.79 Å². The SMILES string of the molecule is COCc1cc(NC(=O)CN(C)C)ccc1N1C=COCC1. The molecule has 2 rings (SSSR count). The van der Waals surface area contributed by atoms with Gasteiger partial charge in [-0.2, -0.15) is 0 Å². The molecule has 1 heterocycles. The molecule has 0 spiro atoms. The molecule has 1 N–H and O–H groups in total. The van der Waals surface area contributed by atoms with Crippen LogP contribution >= 0.6 is 0 Å². The first-order chi connectivity index (χ1) is 10.6. The van der Waals surface area contributed by atoms with E-state index >= 15 is 0 Å². The van der Waals surface area contributed by atoms with Crippen molar-refractivity contribution in [3.8, 4) is 0 Å². The normalized spacial score (nSPS) is 14.1. The van der Waals surface area contributed by atoms with Crippen molar-refractivity contribution >= 4 is 17.3 Å². The van der Waals surface area contributed by atoms with Gasteiger partial charge in [-0.25, -0.2) is 0 Å². The third-order valence-electron chi connectivity index (χ3n) is 3.22. The van der Waals surface area contributed by atoms with Gasteiger partial charge in [0.15, 0.2) is 0 Å². The van der Waals surface area contributed by atoms with Crippen molar-refractivity contribution < 1.29 is 14.3 Å². The largest absolute Gasteiger partial charge is 0.498 e. The monoisotopic (exact) mass is 305 g/mol. The molecule has 0 atom stereocenters. The lowest BCUT2D eigenvalue weighted by Gasteiger charge is -2.26. The fourth-order valence-electron chi connectivity index (χ4n) is 2.31. The third kappa shape index (κ3) is 4.47. The lowest BCUT2D eigenvalue weighted by molar-refractivity contribution is -0.116. The maximum Gasteiger partial charge on any atom is 0.238 e. The van der Waals surface area contributed by atoms with Gasteiger partial charge in [0.05, 0.1) is 26.0 Å². The summed E-state index contributed by atoms with van der Waals surface area (Å²) < 4.78 is 10.5.